The molecule has 28 heavy (non-hydrogen) atoms. The lowest BCUT2D eigenvalue weighted by Crippen LogP contribution is -2.39. The second kappa shape index (κ2) is 11.2. The Bertz CT molecular complexity index is 747. The molecule has 1 aliphatic carbocycles. The number of benzene rings is 1. The first-order valence-corrected chi connectivity index (χ1v) is 9.64. The quantitative estimate of drug-likeness (QED) is 0.237. The van der Waals surface area contributed by atoms with Crippen LogP contribution in [0.15, 0.2) is 33.8 Å². The van der Waals surface area contributed by atoms with Crippen LogP contribution in [0.25, 0.3) is 11.4 Å². The lowest BCUT2D eigenvalue weighted by Gasteiger charge is -2.11. The number of halogens is 1. The van der Waals surface area contributed by atoms with Crippen molar-refractivity contribution in [3.8, 4) is 17.1 Å². The van der Waals surface area contributed by atoms with Gasteiger partial charge in [-0.2, -0.15) is 4.98 Å². The number of hydrogen-bond donors (Lipinski definition) is 2. The van der Waals surface area contributed by atoms with Crippen LogP contribution >= 0.6 is 24.0 Å². The molecule has 3 rings (SSSR count). The van der Waals surface area contributed by atoms with Gasteiger partial charge in [0.05, 0.1) is 7.11 Å². The summed E-state index contributed by atoms with van der Waals surface area (Å²) in [6, 6.07) is 8.24. The lowest BCUT2D eigenvalue weighted by atomic mass is 10.2. The van der Waals surface area contributed by atoms with Crippen molar-refractivity contribution in [3.63, 3.8) is 0 Å². The number of rotatable bonds is 9. The Balaban J connectivity index is 0.00000280. The maximum absolute atomic E-state index is 5.36. The van der Waals surface area contributed by atoms with E-state index in [1.165, 1.54) is 6.42 Å². The smallest absolute Gasteiger partial charge is 0.226 e. The summed E-state index contributed by atoms with van der Waals surface area (Å²) in [5.74, 6) is 3.80. The van der Waals surface area contributed by atoms with Gasteiger partial charge >= 0.3 is 0 Å². The van der Waals surface area contributed by atoms with Gasteiger partial charge in [0.15, 0.2) is 5.96 Å². The fourth-order valence-corrected chi connectivity index (χ4v) is 2.89. The van der Waals surface area contributed by atoms with Gasteiger partial charge in [-0.05, 0) is 49.4 Å². The predicted molar refractivity (Wildman–Crippen MR) is 121 cm³/mol. The fraction of sp³-hybridized carbons (Fsp3) is 0.550. The van der Waals surface area contributed by atoms with Gasteiger partial charge in [0.1, 0.15) is 5.75 Å². The van der Waals surface area contributed by atoms with Crippen LogP contribution in [-0.4, -0.2) is 42.8 Å². The third-order valence-electron chi connectivity index (χ3n) is 4.83. The maximum atomic E-state index is 5.36. The summed E-state index contributed by atoms with van der Waals surface area (Å²) < 4.78 is 10.5. The SMILES string of the molecule is CN=C(NCCCCCc1nc(-c2ccc(OC)cc2)no1)NC1CC1C.I. The van der Waals surface area contributed by atoms with E-state index in [9.17, 15) is 0 Å². The number of nitrogens with zero attached hydrogens (tertiary/aromatic N) is 3. The lowest BCUT2D eigenvalue weighted by molar-refractivity contribution is 0.374. The molecule has 2 aromatic rings. The number of nitrogens with one attached hydrogen (secondary N) is 2. The molecule has 0 amide bonds. The molecule has 7 nitrogen and oxygen atoms in total. The molecule has 2 N–H and O–H groups in total. The molecule has 0 radical (unpaired) electrons. The van der Waals surface area contributed by atoms with E-state index in [-0.39, 0.29) is 24.0 Å². The third-order valence-corrected chi connectivity index (χ3v) is 4.83. The van der Waals surface area contributed by atoms with Crippen molar-refractivity contribution in [2.24, 2.45) is 10.9 Å². The zero-order valence-electron chi connectivity index (χ0n) is 16.8. The van der Waals surface area contributed by atoms with Crippen LogP contribution < -0.4 is 15.4 Å². The number of methoxy groups -OCH3 is 1. The number of hydrogen-bond acceptors (Lipinski definition) is 5. The molecule has 1 aromatic carbocycles. The van der Waals surface area contributed by atoms with E-state index in [0.29, 0.717) is 17.8 Å². The van der Waals surface area contributed by atoms with Crippen molar-refractivity contribution in [3.05, 3.63) is 30.2 Å². The van der Waals surface area contributed by atoms with Crippen LogP contribution in [0.3, 0.4) is 0 Å². The van der Waals surface area contributed by atoms with Gasteiger partial charge in [-0.25, -0.2) is 0 Å². The molecule has 0 spiro atoms. The highest BCUT2D eigenvalue weighted by molar-refractivity contribution is 14.0. The summed E-state index contributed by atoms with van der Waals surface area (Å²) in [5.41, 5.74) is 0.930. The Hall–Kier alpha value is -1.84. The largest absolute Gasteiger partial charge is 0.497 e. The number of guanidine groups is 1. The molecule has 0 saturated heterocycles. The normalized spacial score (nSPS) is 18.3. The average molecular weight is 499 g/mol. The van der Waals surface area contributed by atoms with Crippen molar-refractivity contribution in [1.82, 2.24) is 20.8 Å². The first kappa shape index (κ1) is 22.4. The zero-order chi connectivity index (χ0) is 19.1. The van der Waals surface area contributed by atoms with Crippen LogP contribution in [-0.2, 0) is 6.42 Å². The highest BCUT2D eigenvalue weighted by Gasteiger charge is 2.33. The molecule has 0 bridgehead atoms. The molecule has 2 atom stereocenters. The van der Waals surface area contributed by atoms with E-state index in [2.05, 4.69) is 32.7 Å². The van der Waals surface area contributed by atoms with Gasteiger partial charge in [-0.1, -0.05) is 18.5 Å². The highest BCUT2D eigenvalue weighted by Crippen LogP contribution is 2.28. The summed E-state index contributed by atoms with van der Waals surface area (Å²) in [6.45, 7) is 3.17. The van der Waals surface area contributed by atoms with Crippen LogP contribution in [0.5, 0.6) is 5.75 Å². The molecule has 2 unspecified atom stereocenters. The molecule has 1 heterocycles. The van der Waals surface area contributed by atoms with E-state index in [1.807, 2.05) is 31.3 Å². The minimum absolute atomic E-state index is 0. The van der Waals surface area contributed by atoms with Gasteiger partial charge in [0, 0.05) is 31.6 Å². The van der Waals surface area contributed by atoms with Crippen molar-refractivity contribution in [1.29, 1.82) is 0 Å². The van der Waals surface area contributed by atoms with Gasteiger partial charge in [0.2, 0.25) is 11.7 Å². The highest BCUT2D eigenvalue weighted by atomic mass is 127. The second-order valence-electron chi connectivity index (χ2n) is 7.01. The monoisotopic (exact) mass is 499 g/mol. The average Bonchev–Trinajstić information content (AvgIpc) is 3.18. The number of aliphatic imine (C=N–C) groups is 1. The molecule has 1 fully saturated rings. The van der Waals surface area contributed by atoms with Crippen molar-refractivity contribution in [2.75, 3.05) is 20.7 Å². The minimum Gasteiger partial charge on any atom is -0.497 e. The molecule has 1 aromatic heterocycles. The second-order valence-corrected chi connectivity index (χ2v) is 7.01. The fourth-order valence-electron chi connectivity index (χ4n) is 2.89. The summed E-state index contributed by atoms with van der Waals surface area (Å²) >= 11 is 0. The Morgan fingerprint density at radius 3 is 2.64 bits per heavy atom. The van der Waals surface area contributed by atoms with Crippen molar-refractivity contribution < 1.29 is 9.26 Å². The number of ether oxygens (including phenoxy) is 1. The van der Waals surface area contributed by atoms with E-state index in [4.69, 9.17) is 9.26 Å². The topological polar surface area (TPSA) is 84.6 Å². The van der Waals surface area contributed by atoms with Crippen LogP contribution in [0, 0.1) is 5.92 Å². The Kier molecular flexibility index (Phi) is 9.01. The molecule has 8 heteroatoms. The van der Waals surface area contributed by atoms with Crippen LogP contribution in [0.2, 0.25) is 0 Å². The number of unbranched alkanes of at least 4 members (excludes halogenated alkanes) is 2. The van der Waals surface area contributed by atoms with Crippen LogP contribution in [0.1, 0.15) is 38.5 Å². The first-order valence-electron chi connectivity index (χ1n) is 9.64. The molecular formula is C20H30IN5O2. The zero-order valence-corrected chi connectivity index (χ0v) is 19.1. The van der Waals surface area contributed by atoms with Crippen LogP contribution in [0.4, 0.5) is 0 Å². The van der Waals surface area contributed by atoms with Crippen molar-refractivity contribution in [2.45, 2.75) is 45.1 Å². The molecule has 1 saturated carbocycles. The van der Waals surface area contributed by atoms with Gasteiger partial charge < -0.3 is 19.9 Å². The van der Waals surface area contributed by atoms with Gasteiger partial charge in [-0.15, -0.1) is 24.0 Å². The summed E-state index contributed by atoms with van der Waals surface area (Å²) in [5, 5.41) is 10.9. The standard InChI is InChI=1S/C20H29N5O2.HI/c1-14-13-17(14)23-20(21-2)22-12-6-4-5-7-18-24-19(25-27-18)15-8-10-16(26-3)11-9-15;/h8-11,14,17H,4-7,12-13H2,1-3H3,(H2,21,22,23);1H. The molecule has 154 valence electrons. The van der Waals surface area contributed by atoms with Gasteiger partial charge in [-0.3, -0.25) is 4.99 Å². The third kappa shape index (κ3) is 6.65. The van der Waals surface area contributed by atoms with Gasteiger partial charge in [0.25, 0.3) is 0 Å². The molecule has 0 aliphatic heterocycles. The Labute approximate surface area is 183 Å². The first-order chi connectivity index (χ1) is 13.2. The van der Waals surface area contributed by atoms with E-state index in [0.717, 1.165) is 55.4 Å². The van der Waals surface area contributed by atoms with Crippen molar-refractivity contribution >= 4 is 29.9 Å². The Morgan fingerprint density at radius 2 is 2.00 bits per heavy atom. The summed E-state index contributed by atoms with van der Waals surface area (Å²) in [4.78, 5) is 8.74. The summed E-state index contributed by atoms with van der Waals surface area (Å²) in [7, 11) is 3.47. The summed E-state index contributed by atoms with van der Waals surface area (Å²) in [6.07, 6.45) is 5.25. The van der Waals surface area contributed by atoms with E-state index >= 15 is 0 Å². The molecular weight excluding hydrogens is 469 g/mol. The minimum atomic E-state index is 0. The van der Waals surface area contributed by atoms with E-state index in [1.54, 1.807) is 7.11 Å². The predicted octanol–water partition coefficient (Wildman–Crippen LogP) is 3.65. The number of aromatic nitrogens is 2. The molecule has 1 aliphatic rings. The number of aryl methyl sites for hydroxylation is 1. The Morgan fingerprint density at radius 1 is 1.25 bits per heavy atom. The maximum Gasteiger partial charge on any atom is 0.226 e. The van der Waals surface area contributed by atoms with E-state index < -0.39 is 0 Å².